The monoisotopic (exact) mass is 283 g/mol. The third-order valence-corrected chi connectivity index (χ3v) is 4.04. The molecule has 2 rings (SSSR count). The van der Waals surface area contributed by atoms with Crippen LogP contribution in [0.2, 0.25) is 0 Å². The van der Waals surface area contributed by atoms with Gasteiger partial charge in [-0.1, -0.05) is 47.3 Å². The quantitative estimate of drug-likeness (QED) is 0.876. The summed E-state index contributed by atoms with van der Waals surface area (Å²) in [6, 6.07) is 7.78. The molecule has 88 valence electrons. The van der Waals surface area contributed by atoms with Gasteiger partial charge in [-0.3, -0.25) is 0 Å². The topological polar surface area (TPSA) is 46.2 Å². The van der Waals surface area contributed by atoms with Crippen molar-refractivity contribution in [2.24, 2.45) is 5.73 Å². The van der Waals surface area contributed by atoms with Crippen molar-refractivity contribution in [3.8, 4) is 0 Å². The average Bonchev–Trinajstić information content (AvgIpc) is 2.30. The summed E-state index contributed by atoms with van der Waals surface area (Å²) < 4.78 is 1.03. The van der Waals surface area contributed by atoms with Crippen molar-refractivity contribution in [1.82, 2.24) is 0 Å². The van der Waals surface area contributed by atoms with Gasteiger partial charge in [-0.2, -0.15) is 0 Å². The van der Waals surface area contributed by atoms with E-state index in [4.69, 9.17) is 5.73 Å². The molecule has 0 amide bonds. The first-order valence-corrected chi connectivity index (χ1v) is 6.63. The average molecular weight is 284 g/mol. The van der Waals surface area contributed by atoms with E-state index in [1.165, 1.54) is 6.42 Å². The molecule has 1 aromatic carbocycles. The third-order valence-electron chi connectivity index (χ3n) is 3.51. The number of halogens is 1. The third kappa shape index (κ3) is 2.47. The van der Waals surface area contributed by atoms with Crippen LogP contribution in [0.4, 0.5) is 0 Å². The van der Waals surface area contributed by atoms with E-state index >= 15 is 0 Å². The first-order valence-electron chi connectivity index (χ1n) is 5.84. The molecule has 16 heavy (non-hydrogen) atoms. The van der Waals surface area contributed by atoms with Crippen LogP contribution in [-0.4, -0.2) is 10.6 Å². The summed E-state index contributed by atoms with van der Waals surface area (Å²) in [7, 11) is 0. The first kappa shape index (κ1) is 12.1. The SMILES string of the molecule is NC1(C(O)c2ccc(Br)cc2)CCCCC1. The molecule has 1 aliphatic carbocycles. The van der Waals surface area contributed by atoms with E-state index in [9.17, 15) is 5.11 Å². The maximum absolute atomic E-state index is 10.4. The van der Waals surface area contributed by atoms with Crippen LogP contribution >= 0.6 is 15.9 Å². The van der Waals surface area contributed by atoms with Crippen LogP contribution in [0.15, 0.2) is 28.7 Å². The molecule has 0 saturated heterocycles. The van der Waals surface area contributed by atoms with Crippen molar-refractivity contribution in [1.29, 1.82) is 0 Å². The standard InChI is InChI=1S/C13H18BrNO/c14-11-6-4-10(5-7-11)12(16)13(15)8-2-1-3-9-13/h4-7,12,16H,1-3,8-9,15H2. The van der Waals surface area contributed by atoms with Gasteiger partial charge in [0.2, 0.25) is 0 Å². The molecule has 1 aliphatic rings. The van der Waals surface area contributed by atoms with Gasteiger partial charge >= 0.3 is 0 Å². The van der Waals surface area contributed by atoms with Crippen LogP contribution in [0.3, 0.4) is 0 Å². The zero-order valence-electron chi connectivity index (χ0n) is 9.32. The van der Waals surface area contributed by atoms with Crippen LogP contribution in [-0.2, 0) is 0 Å². The Morgan fingerprint density at radius 3 is 2.25 bits per heavy atom. The summed E-state index contributed by atoms with van der Waals surface area (Å²) in [6.45, 7) is 0. The van der Waals surface area contributed by atoms with Gasteiger partial charge in [-0.25, -0.2) is 0 Å². The molecule has 0 radical (unpaired) electrons. The maximum Gasteiger partial charge on any atom is 0.0969 e. The summed E-state index contributed by atoms with van der Waals surface area (Å²) in [6.07, 6.45) is 4.80. The van der Waals surface area contributed by atoms with Crippen LogP contribution in [0, 0.1) is 0 Å². The van der Waals surface area contributed by atoms with Gasteiger partial charge in [0, 0.05) is 10.0 Å². The number of aliphatic hydroxyl groups excluding tert-OH is 1. The number of benzene rings is 1. The predicted molar refractivity (Wildman–Crippen MR) is 69.1 cm³/mol. The number of rotatable bonds is 2. The Hall–Kier alpha value is -0.380. The largest absolute Gasteiger partial charge is 0.386 e. The van der Waals surface area contributed by atoms with Gasteiger partial charge < -0.3 is 10.8 Å². The Bertz CT molecular complexity index is 343. The molecule has 2 nitrogen and oxygen atoms in total. The van der Waals surface area contributed by atoms with Gasteiger partial charge in [0.15, 0.2) is 0 Å². The second-order valence-electron chi connectivity index (χ2n) is 4.75. The highest BCUT2D eigenvalue weighted by molar-refractivity contribution is 9.10. The fourth-order valence-corrected chi connectivity index (χ4v) is 2.72. The second-order valence-corrected chi connectivity index (χ2v) is 5.66. The Balaban J connectivity index is 2.16. The van der Waals surface area contributed by atoms with Crippen molar-refractivity contribution < 1.29 is 5.11 Å². The molecular formula is C13H18BrNO. The smallest absolute Gasteiger partial charge is 0.0969 e. The lowest BCUT2D eigenvalue weighted by Crippen LogP contribution is -2.47. The minimum absolute atomic E-state index is 0.425. The lowest BCUT2D eigenvalue weighted by atomic mass is 9.76. The van der Waals surface area contributed by atoms with Crippen LogP contribution < -0.4 is 5.73 Å². The second kappa shape index (κ2) is 4.86. The molecule has 1 saturated carbocycles. The highest BCUT2D eigenvalue weighted by Crippen LogP contribution is 2.36. The highest BCUT2D eigenvalue weighted by atomic mass is 79.9. The molecule has 1 fully saturated rings. The van der Waals surface area contributed by atoms with Crippen molar-refractivity contribution >= 4 is 15.9 Å². The number of nitrogens with two attached hydrogens (primary N) is 1. The molecule has 1 atom stereocenters. The molecule has 3 N–H and O–H groups in total. The molecule has 1 aromatic rings. The zero-order chi connectivity index (χ0) is 11.6. The molecule has 3 heteroatoms. The number of hydrogen-bond donors (Lipinski definition) is 2. The molecule has 0 heterocycles. The molecule has 1 unspecified atom stereocenters. The summed E-state index contributed by atoms with van der Waals surface area (Å²) in [4.78, 5) is 0. The van der Waals surface area contributed by atoms with E-state index in [0.717, 1.165) is 35.7 Å². The summed E-state index contributed by atoms with van der Waals surface area (Å²) in [5.74, 6) is 0. The van der Waals surface area contributed by atoms with E-state index in [0.29, 0.717) is 0 Å². The number of hydrogen-bond acceptors (Lipinski definition) is 2. The lowest BCUT2D eigenvalue weighted by molar-refractivity contribution is 0.0587. The zero-order valence-corrected chi connectivity index (χ0v) is 10.9. The first-order chi connectivity index (χ1) is 7.62. The molecular weight excluding hydrogens is 266 g/mol. The summed E-state index contributed by atoms with van der Waals surface area (Å²) in [5.41, 5.74) is 6.81. The van der Waals surface area contributed by atoms with Gasteiger partial charge in [0.1, 0.15) is 0 Å². The Morgan fingerprint density at radius 1 is 1.12 bits per heavy atom. The fourth-order valence-electron chi connectivity index (χ4n) is 2.46. The van der Waals surface area contributed by atoms with Crippen LogP contribution in [0.25, 0.3) is 0 Å². The normalized spacial score (nSPS) is 21.7. The molecule has 0 bridgehead atoms. The number of aliphatic hydroxyl groups is 1. The summed E-state index contributed by atoms with van der Waals surface area (Å²) in [5, 5.41) is 10.4. The maximum atomic E-state index is 10.4. The van der Waals surface area contributed by atoms with E-state index in [-0.39, 0.29) is 0 Å². The van der Waals surface area contributed by atoms with E-state index in [1.807, 2.05) is 24.3 Å². The molecule has 0 spiro atoms. The molecule has 0 aromatic heterocycles. The Kier molecular flexibility index (Phi) is 3.67. The predicted octanol–water partition coefficient (Wildman–Crippen LogP) is 3.14. The minimum atomic E-state index is -0.541. The Morgan fingerprint density at radius 2 is 1.69 bits per heavy atom. The van der Waals surface area contributed by atoms with E-state index in [2.05, 4.69) is 15.9 Å². The van der Waals surface area contributed by atoms with E-state index in [1.54, 1.807) is 0 Å². The van der Waals surface area contributed by atoms with Crippen LogP contribution in [0.5, 0.6) is 0 Å². The van der Waals surface area contributed by atoms with Crippen molar-refractivity contribution in [3.05, 3.63) is 34.3 Å². The summed E-state index contributed by atoms with van der Waals surface area (Å²) >= 11 is 3.39. The highest BCUT2D eigenvalue weighted by Gasteiger charge is 2.35. The van der Waals surface area contributed by atoms with E-state index < -0.39 is 11.6 Å². The van der Waals surface area contributed by atoms with Gasteiger partial charge in [-0.05, 0) is 30.5 Å². The van der Waals surface area contributed by atoms with Gasteiger partial charge in [0.25, 0.3) is 0 Å². The fraction of sp³-hybridized carbons (Fsp3) is 0.538. The van der Waals surface area contributed by atoms with Crippen molar-refractivity contribution in [2.75, 3.05) is 0 Å². The lowest BCUT2D eigenvalue weighted by Gasteiger charge is -2.37. The Labute approximate surface area is 105 Å². The van der Waals surface area contributed by atoms with Gasteiger partial charge in [-0.15, -0.1) is 0 Å². The molecule has 0 aliphatic heterocycles. The van der Waals surface area contributed by atoms with Crippen LogP contribution in [0.1, 0.15) is 43.8 Å². The van der Waals surface area contributed by atoms with Crippen molar-refractivity contribution in [3.63, 3.8) is 0 Å². The van der Waals surface area contributed by atoms with Crippen molar-refractivity contribution in [2.45, 2.75) is 43.7 Å². The van der Waals surface area contributed by atoms with Gasteiger partial charge in [0.05, 0.1) is 6.10 Å². The minimum Gasteiger partial charge on any atom is -0.386 e.